The Kier molecular flexibility index (Phi) is 7.24. The normalized spacial score (nSPS) is 11.2. The quantitative estimate of drug-likeness (QED) is 0.314. The van der Waals surface area contributed by atoms with Gasteiger partial charge < -0.3 is 5.32 Å². The first-order chi connectivity index (χ1) is 16.8. The lowest BCUT2D eigenvalue weighted by molar-refractivity contribution is -0.114. The van der Waals surface area contributed by atoms with Crippen molar-refractivity contribution in [1.29, 1.82) is 0 Å². The Bertz CT molecular complexity index is 1450. The summed E-state index contributed by atoms with van der Waals surface area (Å²) in [5.41, 5.74) is 4.24. The number of nitrogens with zero attached hydrogens (tertiary/aromatic N) is 1. The third-order valence-corrected chi connectivity index (χ3v) is 7.87. The van der Waals surface area contributed by atoms with E-state index in [4.69, 9.17) is 11.6 Å². The second kappa shape index (κ2) is 10.3. The van der Waals surface area contributed by atoms with Gasteiger partial charge in [-0.3, -0.25) is 9.10 Å². The van der Waals surface area contributed by atoms with Gasteiger partial charge in [0.1, 0.15) is 6.54 Å². The lowest BCUT2D eigenvalue weighted by atomic mass is 10.0. The topological polar surface area (TPSA) is 66.5 Å². The molecule has 0 aliphatic rings. The zero-order valence-electron chi connectivity index (χ0n) is 19.4. The second-order valence-corrected chi connectivity index (χ2v) is 10.4. The van der Waals surface area contributed by atoms with Crippen LogP contribution in [0.2, 0.25) is 5.02 Å². The summed E-state index contributed by atoms with van der Waals surface area (Å²) in [4.78, 5) is 13.4. The molecule has 0 fully saturated rings. The van der Waals surface area contributed by atoms with Crippen molar-refractivity contribution >= 4 is 38.9 Å². The van der Waals surface area contributed by atoms with Gasteiger partial charge in [-0.05, 0) is 55.3 Å². The van der Waals surface area contributed by atoms with Gasteiger partial charge in [0.25, 0.3) is 10.0 Å². The number of aryl methyl sites for hydroxylation is 1. The van der Waals surface area contributed by atoms with E-state index in [1.54, 1.807) is 55.5 Å². The molecule has 0 atom stereocenters. The first-order valence-corrected chi connectivity index (χ1v) is 12.9. The van der Waals surface area contributed by atoms with Crippen molar-refractivity contribution in [1.82, 2.24) is 0 Å². The third kappa shape index (κ3) is 5.39. The fraction of sp³-hybridized carbons (Fsp3) is 0.107. The van der Waals surface area contributed by atoms with Crippen LogP contribution in [-0.4, -0.2) is 20.9 Å². The van der Waals surface area contributed by atoms with Gasteiger partial charge in [-0.1, -0.05) is 83.9 Å². The number of benzene rings is 4. The maximum Gasteiger partial charge on any atom is 0.264 e. The predicted octanol–water partition coefficient (Wildman–Crippen LogP) is 6.46. The largest absolute Gasteiger partial charge is 0.324 e. The van der Waals surface area contributed by atoms with Gasteiger partial charge in [0.05, 0.1) is 10.6 Å². The number of rotatable bonds is 7. The van der Waals surface area contributed by atoms with Gasteiger partial charge in [0, 0.05) is 16.3 Å². The van der Waals surface area contributed by atoms with Crippen LogP contribution < -0.4 is 9.62 Å². The number of hydrogen-bond acceptors (Lipinski definition) is 3. The highest BCUT2D eigenvalue weighted by atomic mass is 35.5. The molecular weight excluding hydrogens is 480 g/mol. The SMILES string of the molecule is Cc1ccc(S(=O)(=O)N(CC(=O)Nc2ccccc2-c2ccccc2)c2cccc(Cl)c2C)cc1. The first kappa shape index (κ1) is 24.5. The van der Waals surface area contributed by atoms with E-state index in [9.17, 15) is 13.2 Å². The summed E-state index contributed by atoms with van der Waals surface area (Å²) in [7, 11) is -4.05. The third-order valence-electron chi connectivity index (χ3n) is 5.69. The Morgan fingerprint density at radius 3 is 2.20 bits per heavy atom. The maximum atomic E-state index is 13.7. The number of anilines is 2. The molecule has 1 amide bonds. The van der Waals surface area contributed by atoms with Crippen LogP contribution in [0.15, 0.2) is 102 Å². The Labute approximate surface area is 211 Å². The number of sulfonamides is 1. The molecule has 178 valence electrons. The number of amides is 1. The van der Waals surface area contributed by atoms with E-state index < -0.39 is 22.5 Å². The molecule has 4 aromatic rings. The standard InChI is InChI=1S/C28H25ClN2O3S/c1-20-15-17-23(18-16-20)35(33,34)31(27-14-8-12-25(29)21(27)2)19-28(32)30-26-13-7-6-11-24(26)22-9-4-3-5-10-22/h3-18H,19H2,1-2H3,(H,30,32). The average Bonchev–Trinajstić information content (AvgIpc) is 2.85. The van der Waals surface area contributed by atoms with Crippen LogP contribution in [0.1, 0.15) is 11.1 Å². The number of nitrogens with one attached hydrogen (secondary N) is 1. The van der Waals surface area contributed by atoms with Crippen LogP contribution in [0.3, 0.4) is 0 Å². The Morgan fingerprint density at radius 1 is 0.829 bits per heavy atom. The van der Waals surface area contributed by atoms with Gasteiger partial charge in [-0.25, -0.2) is 8.42 Å². The van der Waals surface area contributed by atoms with Gasteiger partial charge in [-0.15, -0.1) is 0 Å². The summed E-state index contributed by atoms with van der Waals surface area (Å²) >= 11 is 6.31. The molecule has 0 unspecified atom stereocenters. The maximum absolute atomic E-state index is 13.7. The Balaban J connectivity index is 1.70. The van der Waals surface area contributed by atoms with E-state index in [0.29, 0.717) is 22.0 Å². The van der Waals surface area contributed by atoms with Gasteiger partial charge in [0.2, 0.25) is 5.91 Å². The number of hydrogen-bond donors (Lipinski definition) is 1. The monoisotopic (exact) mass is 504 g/mol. The molecule has 0 aromatic heterocycles. The van der Waals surface area contributed by atoms with Crippen molar-refractivity contribution in [2.24, 2.45) is 0 Å². The van der Waals surface area contributed by atoms with E-state index in [1.807, 2.05) is 55.5 Å². The molecule has 0 spiro atoms. The summed E-state index contributed by atoms with van der Waals surface area (Å²) in [6.07, 6.45) is 0. The van der Waals surface area contributed by atoms with Gasteiger partial charge in [-0.2, -0.15) is 0 Å². The summed E-state index contributed by atoms with van der Waals surface area (Å²) in [6, 6.07) is 28.6. The van der Waals surface area contributed by atoms with Crippen LogP contribution >= 0.6 is 11.6 Å². The van der Waals surface area contributed by atoms with Crippen molar-refractivity contribution in [2.75, 3.05) is 16.2 Å². The number of halogens is 1. The van der Waals surface area contributed by atoms with Crippen LogP contribution in [0.4, 0.5) is 11.4 Å². The highest BCUT2D eigenvalue weighted by Crippen LogP contribution is 2.32. The lowest BCUT2D eigenvalue weighted by Gasteiger charge is -2.26. The van der Waals surface area contributed by atoms with Crippen molar-refractivity contribution in [3.63, 3.8) is 0 Å². The molecule has 0 radical (unpaired) electrons. The Hall–Kier alpha value is -3.61. The number of para-hydroxylation sites is 1. The molecule has 7 heteroatoms. The fourth-order valence-electron chi connectivity index (χ4n) is 3.79. The van der Waals surface area contributed by atoms with Crippen molar-refractivity contribution in [2.45, 2.75) is 18.7 Å². The van der Waals surface area contributed by atoms with E-state index in [-0.39, 0.29) is 4.90 Å². The molecule has 35 heavy (non-hydrogen) atoms. The van der Waals surface area contributed by atoms with Crippen LogP contribution in [0, 0.1) is 13.8 Å². The van der Waals surface area contributed by atoms with Crippen LogP contribution in [0.25, 0.3) is 11.1 Å². The Morgan fingerprint density at radius 2 is 1.49 bits per heavy atom. The molecule has 0 bridgehead atoms. The molecule has 0 saturated heterocycles. The molecule has 0 aliphatic heterocycles. The van der Waals surface area contributed by atoms with E-state index in [0.717, 1.165) is 21.0 Å². The highest BCUT2D eigenvalue weighted by molar-refractivity contribution is 7.92. The zero-order chi connectivity index (χ0) is 25.0. The highest BCUT2D eigenvalue weighted by Gasteiger charge is 2.29. The van der Waals surface area contributed by atoms with Crippen molar-refractivity contribution < 1.29 is 13.2 Å². The second-order valence-electron chi connectivity index (χ2n) is 8.17. The minimum absolute atomic E-state index is 0.0972. The first-order valence-electron chi connectivity index (χ1n) is 11.1. The smallest absolute Gasteiger partial charge is 0.264 e. The van der Waals surface area contributed by atoms with E-state index in [1.165, 1.54) is 0 Å². The lowest BCUT2D eigenvalue weighted by Crippen LogP contribution is -2.38. The average molecular weight is 505 g/mol. The molecule has 0 aliphatic carbocycles. The summed E-state index contributed by atoms with van der Waals surface area (Å²) < 4.78 is 28.5. The number of carbonyl (C=O) groups excluding carboxylic acids is 1. The molecule has 0 saturated carbocycles. The molecule has 4 aromatic carbocycles. The molecule has 1 N–H and O–H groups in total. The summed E-state index contributed by atoms with van der Waals surface area (Å²) in [5, 5.41) is 3.32. The summed E-state index contributed by atoms with van der Waals surface area (Å²) in [6.45, 7) is 3.20. The molecular formula is C28H25ClN2O3S. The number of carbonyl (C=O) groups is 1. The van der Waals surface area contributed by atoms with Gasteiger partial charge >= 0.3 is 0 Å². The van der Waals surface area contributed by atoms with E-state index >= 15 is 0 Å². The molecule has 5 nitrogen and oxygen atoms in total. The molecule has 0 heterocycles. The molecule has 4 rings (SSSR count). The van der Waals surface area contributed by atoms with Crippen LogP contribution in [-0.2, 0) is 14.8 Å². The predicted molar refractivity (Wildman–Crippen MR) is 142 cm³/mol. The minimum Gasteiger partial charge on any atom is -0.324 e. The van der Waals surface area contributed by atoms with Crippen molar-refractivity contribution in [3.8, 4) is 11.1 Å². The zero-order valence-corrected chi connectivity index (χ0v) is 21.0. The van der Waals surface area contributed by atoms with Crippen LogP contribution in [0.5, 0.6) is 0 Å². The minimum atomic E-state index is -4.05. The van der Waals surface area contributed by atoms with Crippen molar-refractivity contribution in [3.05, 3.63) is 113 Å². The fourth-order valence-corrected chi connectivity index (χ4v) is 5.43. The van der Waals surface area contributed by atoms with Gasteiger partial charge in [0.15, 0.2) is 0 Å². The van der Waals surface area contributed by atoms with E-state index in [2.05, 4.69) is 5.32 Å². The summed E-state index contributed by atoms with van der Waals surface area (Å²) in [5.74, 6) is -0.469.